The third kappa shape index (κ3) is 2.11. The lowest BCUT2D eigenvalue weighted by Crippen LogP contribution is -2.21. The number of hydrogen-bond donors (Lipinski definition) is 1. The molecule has 1 nitrogen and oxygen atoms in total. The Morgan fingerprint density at radius 1 is 1.64 bits per heavy atom. The predicted octanol–water partition coefficient (Wildman–Crippen LogP) is 2.16. The molecule has 0 bridgehead atoms. The SMILES string of the molecule is C=CC1=C[C@@H](/C=C\C)NC=C1. The van der Waals surface area contributed by atoms with Crippen molar-refractivity contribution < 1.29 is 0 Å². The average Bonchev–Trinajstić information content (AvgIpc) is 2.06. The van der Waals surface area contributed by atoms with Gasteiger partial charge in [0.15, 0.2) is 0 Å². The van der Waals surface area contributed by atoms with Gasteiger partial charge in [-0.25, -0.2) is 0 Å². The molecule has 1 aliphatic heterocycles. The first kappa shape index (κ1) is 7.86. The van der Waals surface area contributed by atoms with Gasteiger partial charge in [0.25, 0.3) is 0 Å². The van der Waals surface area contributed by atoms with Crippen LogP contribution in [0.2, 0.25) is 0 Å². The molecule has 1 heterocycles. The fourth-order valence-corrected chi connectivity index (χ4v) is 1.02. The Bertz CT molecular complexity index is 221. The summed E-state index contributed by atoms with van der Waals surface area (Å²) in [5.74, 6) is 0. The highest BCUT2D eigenvalue weighted by atomic mass is 14.9. The lowest BCUT2D eigenvalue weighted by molar-refractivity contribution is 0.822. The molecule has 1 rings (SSSR count). The first-order valence-corrected chi connectivity index (χ1v) is 3.76. The zero-order chi connectivity index (χ0) is 8.10. The molecule has 1 atom stereocenters. The Morgan fingerprint density at radius 3 is 3.09 bits per heavy atom. The summed E-state index contributed by atoms with van der Waals surface area (Å²) in [6.07, 6.45) is 12.1. The molecule has 0 aromatic carbocycles. The Hall–Kier alpha value is -1.24. The van der Waals surface area contributed by atoms with Crippen LogP contribution < -0.4 is 5.32 Å². The van der Waals surface area contributed by atoms with Crippen molar-refractivity contribution in [3.8, 4) is 0 Å². The van der Waals surface area contributed by atoms with Gasteiger partial charge in [-0.2, -0.15) is 0 Å². The minimum absolute atomic E-state index is 0.331. The van der Waals surface area contributed by atoms with Crippen molar-refractivity contribution in [1.29, 1.82) is 0 Å². The lowest BCUT2D eigenvalue weighted by Gasteiger charge is -2.13. The van der Waals surface area contributed by atoms with Gasteiger partial charge < -0.3 is 5.32 Å². The smallest absolute Gasteiger partial charge is 0.0631 e. The van der Waals surface area contributed by atoms with Gasteiger partial charge in [0.2, 0.25) is 0 Å². The van der Waals surface area contributed by atoms with Gasteiger partial charge in [-0.05, 0) is 24.8 Å². The van der Waals surface area contributed by atoms with E-state index in [2.05, 4.69) is 24.0 Å². The van der Waals surface area contributed by atoms with Crippen molar-refractivity contribution >= 4 is 0 Å². The van der Waals surface area contributed by atoms with Crippen molar-refractivity contribution in [2.75, 3.05) is 0 Å². The van der Waals surface area contributed by atoms with E-state index in [0.717, 1.165) is 0 Å². The fourth-order valence-electron chi connectivity index (χ4n) is 1.02. The van der Waals surface area contributed by atoms with Crippen molar-refractivity contribution in [2.24, 2.45) is 0 Å². The molecule has 0 aromatic rings. The van der Waals surface area contributed by atoms with Gasteiger partial charge in [-0.3, -0.25) is 0 Å². The van der Waals surface area contributed by atoms with E-state index in [4.69, 9.17) is 0 Å². The zero-order valence-corrected chi connectivity index (χ0v) is 6.75. The summed E-state index contributed by atoms with van der Waals surface area (Å²) in [5.41, 5.74) is 1.17. The lowest BCUT2D eigenvalue weighted by atomic mass is 10.1. The third-order valence-electron chi connectivity index (χ3n) is 1.57. The Balaban J connectivity index is 2.68. The normalized spacial score (nSPS) is 23.0. The maximum atomic E-state index is 3.71. The highest BCUT2D eigenvalue weighted by molar-refractivity contribution is 5.34. The summed E-state index contributed by atoms with van der Waals surface area (Å²) in [6.45, 7) is 5.72. The van der Waals surface area contributed by atoms with Gasteiger partial charge in [-0.15, -0.1) is 0 Å². The van der Waals surface area contributed by atoms with Gasteiger partial charge in [0.1, 0.15) is 0 Å². The predicted molar refractivity (Wildman–Crippen MR) is 49.2 cm³/mol. The molecule has 0 aromatic heterocycles. The summed E-state index contributed by atoms with van der Waals surface area (Å²) in [4.78, 5) is 0. The molecule has 11 heavy (non-hydrogen) atoms. The van der Waals surface area contributed by atoms with Crippen molar-refractivity contribution in [3.05, 3.63) is 48.7 Å². The molecule has 0 amide bonds. The second kappa shape index (κ2) is 3.81. The van der Waals surface area contributed by atoms with Crippen LogP contribution in [0, 0.1) is 0 Å². The van der Waals surface area contributed by atoms with Crippen LogP contribution >= 0.6 is 0 Å². The van der Waals surface area contributed by atoms with Crippen molar-refractivity contribution in [1.82, 2.24) is 5.32 Å². The molecule has 0 spiro atoms. The minimum Gasteiger partial charge on any atom is -0.381 e. The molecule has 0 radical (unpaired) electrons. The molecular formula is C10H13N. The highest BCUT2D eigenvalue weighted by Crippen LogP contribution is 2.06. The monoisotopic (exact) mass is 147 g/mol. The average molecular weight is 147 g/mol. The number of allylic oxidation sites excluding steroid dienone is 4. The first-order valence-electron chi connectivity index (χ1n) is 3.76. The zero-order valence-electron chi connectivity index (χ0n) is 6.75. The highest BCUT2D eigenvalue weighted by Gasteiger charge is 2.00. The molecule has 1 N–H and O–H groups in total. The maximum Gasteiger partial charge on any atom is 0.0631 e. The summed E-state index contributed by atoms with van der Waals surface area (Å²) >= 11 is 0. The van der Waals surface area contributed by atoms with Crippen molar-refractivity contribution in [2.45, 2.75) is 13.0 Å². The fraction of sp³-hybridized carbons (Fsp3) is 0.200. The molecule has 1 aliphatic rings. The van der Waals surface area contributed by atoms with Crippen LogP contribution in [-0.2, 0) is 0 Å². The van der Waals surface area contributed by atoms with Gasteiger partial charge >= 0.3 is 0 Å². The molecular weight excluding hydrogens is 134 g/mol. The summed E-state index contributed by atoms with van der Waals surface area (Å²) in [7, 11) is 0. The molecule has 0 aliphatic carbocycles. The molecule has 0 saturated heterocycles. The number of nitrogens with one attached hydrogen (secondary N) is 1. The largest absolute Gasteiger partial charge is 0.381 e. The van der Waals surface area contributed by atoms with Crippen LogP contribution in [-0.4, -0.2) is 6.04 Å². The summed E-state index contributed by atoms with van der Waals surface area (Å²) in [5, 5.41) is 3.19. The van der Waals surface area contributed by atoms with Crippen LogP contribution in [0.25, 0.3) is 0 Å². The molecule has 0 saturated carbocycles. The van der Waals surface area contributed by atoms with E-state index < -0.39 is 0 Å². The maximum absolute atomic E-state index is 3.71. The van der Waals surface area contributed by atoms with E-state index in [0.29, 0.717) is 6.04 Å². The number of rotatable bonds is 2. The molecule has 1 heteroatoms. The van der Waals surface area contributed by atoms with Crippen molar-refractivity contribution in [3.63, 3.8) is 0 Å². The second-order valence-electron chi connectivity index (χ2n) is 2.42. The van der Waals surface area contributed by atoms with Gasteiger partial charge in [-0.1, -0.05) is 30.9 Å². The van der Waals surface area contributed by atoms with Crippen LogP contribution in [0.1, 0.15) is 6.92 Å². The van der Waals surface area contributed by atoms with Gasteiger partial charge in [0.05, 0.1) is 6.04 Å². The van der Waals surface area contributed by atoms with Gasteiger partial charge in [0, 0.05) is 0 Å². The topological polar surface area (TPSA) is 12.0 Å². The Morgan fingerprint density at radius 2 is 2.45 bits per heavy atom. The van der Waals surface area contributed by atoms with E-state index in [1.54, 1.807) is 0 Å². The van der Waals surface area contributed by atoms with Crippen LogP contribution in [0.15, 0.2) is 48.7 Å². The van der Waals surface area contributed by atoms with E-state index >= 15 is 0 Å². The number of dihydropyridines is 1. The molecule has 0 fully saturated rings. The van der Waals surface area contributed by atoms with E-state index in [-0.39, 0.29) is 0 Å². The van der Waals surface area contributed by atoms with Crippen LogP contribution in [0.4, 0.5) is 0 Å². The first-order chi connectivity index (χ1) is 5.36. The Labute approximate surface area is 67.8 Å². The summed E-state index contributed by atoms with van der Waals surface area (Å²) < 4.78 is 0. The molecule has 0 unspecified atom stereocenters. The van der Waals surface area contributed by atoms with Crippen LogP contribution in [0.3, 0.4) is 0 Å². The Kier molecular flexibility index (Phi) is 2.73. The van der Waals surface area contributed by atoms with E-state index in [9.17, 15) is 0 Å². The molecule has 58 valence electrons. The van der Waals surface area contributed by atoms with E-state index in [1.165, 1.54) is 5.57 Å². The standard InChI is InChI=1S/C10H13N/c1-3-5-10-8-9(4-2)6-7-11-10/h3-8,10-11H,2H2,1H3/b5-3-/t10-/m1/s1. The second-order valence-corrected chi connectivity index (χ2v) is 2.42. The minimum atomic E-state index is 0.331. The van der Waals surface area contributed by atoms with E-state index in [1.807, 2.05) is 31.4 Å². The number of hydrogen-bond acceptors (Lipinski definition) is 1. The quantitative estimate of drug-likeness (QED) is 0.590. The summed E-state index contributed by atoms with van der Waals surface area (Å²) in [6, 6.07) is 0.331. The third-order valence-corrected chi connectivity index (χ3v) is 1.57. The van der Waals surface area contributed by atoms with Crippen LogP contribution in [0.5, 0.6) is 0 Å².